The summed E-state index contributed by atoms with van der Waals surface area (Å²) >= 11 is 0. The van der Waals surface area contributed by atoms with E-state index in [0.717, 1.165) is 25.6 Å². The van der Waals surface area contributed by atoms with Crippen molar-refractivity contribution in [3.63, 3.8) is 0 Å². The van der Waals surface area contributed by atoms with Gasteiger partial charge in [-0.3, -0.25) is 9.88 Å². The van der Waals surface area contributed by atoms with Crippen LogP contribution in [-0.4, -0.2) is 46.0 Å². The lowest BCUT2D eigenvalue weighted by Crippen LogP contribution is -2.45. The maximum Gasteiger partial charge on any atom is 0.225 e. The average Bonchev–Trinajstić information content (AvgIpc) is 2.98. The van der Waals surface area contributed by atoms with E-state index >= 15 is 0 Å². The third kappa shape index (κ3) is 3.20. The minimum atomic E-state index is 0.402. The van der Waals surface area contributed by atoms with Crippen molar-refractivity contribution in [2.75, 3.05) is 31.1 Å². The van der Waals surface area contributed by atoms with Gasteiger partial charge in [-0.15, -0.1) is 0 Å². The molecule has 0 aliphatic carbocycles. The van der Waals surface area contributed by atoms with Crippen molar-refractivity contribution in [3.05, 3.63) is 48.5 Å². The van der Waals surface area contributed by atoms with Crippen LogP contribution in [0.3, 0.4) is 0 Å². The smallest absolute Gasteiger partial charge is 0.225 e. The van der Waals surface area contributed by atoms with Gasteiger partial charge in [-0.2, -0.15) is 0 Å². The lowest BCUT2D eigenvalue weighted by atomic mass is 9.79. The number of pyridine rings is 1. The second-order valence-electron chi connectivity index (χ2n) is 6.90. The maximum atomic E-state index is 4.44. The van der Waals surface area contributed by atoms with Crippen LogP contribution in [0.15, 0.2) is 43.0 Å². The highest BCUT2D eigenvalue weighted by Crippen LogP contribution is 2.40. The summed E-state index contributed by atoms with van der Waals surface area (Å²) in [6, 6.07) is 6.08. The number of likely N-dealkylation sites (tertiary alicyclic amines) is 1. The Kier molecular flexibility index (Phi) is 3.95. The molecule has 0 radical (unpaired) electrons. The summed E-state index contributed by atoms with van der Waals surface area (Å²) in [4.78, 5) is 18.1. The number of aromatic nitrogens is 3. The third-order valence-corrected chi connectivity index (χ3v) is 5.14. The van der Waals surface area contributed by atoms with Gasteiger partial charge >= 0.3 is 0 Å². The number of hydrogen-bond donors (Lipinski definition) is 0. The molecule has 2 aromatic rings. The minimum absolute atomic E-state index is 0.402. The Labute approximate surface area is 137 Å². The predicted molar refractivity (Wildman–Crippen MR) is 90.0 cm³/mol. The zero-order valence-corrected chi connectivity index (χ0v) is 13.4. The number of hydrogen-bond acceptors (Lipinski definition) is 5. The van der Waals surface area contributed by atoms with E-state index in [1.807, 2.05) is 36.9 Å². The van der Waals surface area contributed by atoms with Crippen molar-refractivity contribution >= 4 is 5.95 Å². The fourth-order valence-corrected chi connectivity index (χ4v) is 4.08. The van der Waals surface area contributed by atoms with Crippen molar-refractivity contribution in [2.24, 2.45) is 5.41 Å². The minimum Gasteiger partial charge on any atom is -0.340 e. The van der Waals surface area contributed by atoms with Crippen molar-refractivity contribution < 1.29 is 0 Å². The molecule has 120 valence electrons. The fraction of sp³-hybridized carbons (Fsp3) is 0.500. The molecule has 0 bridgehead atoms. The van der Waals surface area contributed by atoms with E-state index in [1.165, 1.54) is 37.9 Å². The van der Waals surface area contributed by atoms with E-state index in [0.29, 0.717) is 5.41 Å². The molecule has 0 N–H and O–H groups in total. The zero-order valence-electron chi connectivity index (χ0n) is 13.4. The largest absolute Gasteiger partial charge is 0.340 e. The van der Waals surface area contributed by atoms with Gasteiger partial charge in [0.1, 0.15) is 0 Å². The highest BCUT2D eigenvalue weighted by molar-refractivity contribution is 5.30. The highest BCUT2D eigenvalue weighted by atomic mass is 15.3. The molecule has 2 fully saturated rings. The van der Waals surface area contributed by atoms with Crippen molar-refractivity contribution in [1.29, 1.82) is 0 Å². The Balaban J connectivity index is 1.43. The van der Waals surface area contributed by atoms with Crippen molar-refractivity contribution in [2.45, 2.75) is 25.8 Å². The van der Waals surface area contributed by atoms with Crippen LogP contribution in [0, 0.1) is 5.41 Å². The number of nitrogens with zero attached hydrogens (tertiary/aromatic N) is 5. The first-order valence-electron chi connectivity index (χ1n) is 8.46. The second-order valence-corrected chi connectivity index (χ2v) is 6.90. The Hall–Kier alpha value is -2.01. The van der Waals surface area contributed by atoms with Crippen LogP contribution in [0.5, 0.6) is 0 Å². The zero-order chi connectivity index (χ0) is 15.5. The van der Waals surface area contributed by atoms with Crippen LogP contribution < -0.4 is 4.90 Å². The summed E-state index contributed by atoms with van der Waals surface area (Å²) in [5.74, 6) is 0.886. The van der Waals surface area contributed by atoms with Gasteiger partial charge in [0, 0.05) is 56.4 Å². The molecule has 5 nitrogen and oxygen atoms in total. The van der Waals surface area contributed by atoms with Gasteiger partial charge in [0.05, 0.1) is 0 Å². The molecule has 23 heavy (non-hydrogen) atoms. The standard InChI is InChI=1S/C18H23N5/c1-4-16(12-19-7-1)13-22-11-6-18(14-22)5-2-10-23(15-18)17-20-8-3-9-21-17/h1,3-4,7-9,12H,2,5-6,10-11,13-15H2/t18-/m0/s1. The molecule has 0 amide bonds. The lowest BCUT2D eigenvalue weighted by molar-refractivity contribution is 0.215. The summed E-state index contributed by atoms with van der Waals surface area (Å²) in [6.07, 6.45) is 11.3. The molecule has 1 atom stereocenters. The number of rotatable bonds is 3. The van der Waals surface area contributed by atoms with Gasteiger partial charge in [-0.05, 0) is 43.5 Å². The molecule has 2 aliphatic heterocycles. The summed E-state index contributed by atoms with van der Waals surface area (Å²) < 4.78 is 0. The Morgan fingerprint density at radius 2 is 1.91 bits per heavy atom. The first kappa shape index (κ1) is 14.6. The summed E-state index contributed by atoms with van der Waals surface area (Å²) in [7, 11) is 0. The molecular formula is C18H23N5. The molecule has 2 aromatic heterocycles. The van der Waals surface area contributed by atoms with Gasteiger partial charge in [0.15, 0.2) is 0 Å². The second kappa shape index (κ2) is 6.24. The van der Waals surface area contributed by atoms with Crippen LogP contribution in [0.1, 0.15) is 24.8 Å². The summed E-state index contributed by atoms with van der Waals surface area (Å²) in [6.45, 7) is 5.52. The summed E-state index contributed by atoms with van der Waals surface area (Å²) in [5, 5.41) is 0. The quantitative estimate of drug-likeness (QED) is 0.871. The monoisotopic (exact) mass is 309 g/mol. The number of anilines is 1. The van der Waals surface area contributed by atoms with Gasteiger partial charge < -0.3 is 4.90 Å². The van der Waals surface area contributed by atoms with Crippen LogP contribution in [0.2, 0.25) is 0 Å². The van der Waals surface area contributed by atoms with E-state index in [4.69, 9.17) is 0 Å². The molecule has 0 aromatic carbocycles. The van der Waals surface area contributed by atoms with Crippen LogP contribution >= 0.6 is 0 Å². The van der Waals surface area contributed by atoms with Gasteiger partial charge in [0.25, 0.3) is 0 Å². The highest BCUT2D eigenvalue weighted by Gasteiger charge is 2.41. The Morgan fingerprint density at radius 1 is 1.00 bits per heavy atom. The van der Waals surface area contributed by atoms with Gasteiger partial charge in [0.2, 0.25) is 5.95 Å². The van der Waals surface area contributed by atoms with Gasteiger partial charge in [-0.25, -0.2) is 9.97 Å². The van der Waals surface area contributed by atoms with E-state index in [1.54, 1.807) is 0 Å². The molecule has 4 heterocycles. The van der Waals surface area contributed by atoms with Crippen LogP contribution in [0.25, 0.3) is 0 Å². The predicted octanol–water partition coefficient (Wildman–Crippen LogP) is 2.36. The maximum absolute atomic E-state index is 4.44. The van der Waals surface area contributed by atoms with Crippen LogP contribution in [-0.2, 0) is 6.54 Å². The molecule has 0 unspecified atom stereocenters. The molecular weight excluding hydrogens is 286 g/mol. The molecule has 1 spiro atoms. The molecule has 2 saturated heterocycles. The third-order valence-electron chi connectivity index (χ3n) is 5.14. The van der Waals surface area contributed by atoms with E-state index in [2.05, 4.69) is 30.8 Å². The first-order valence-corrected chi connectivity index (χ1v) is 8.46. The normalized spacial score (nSPS) is 25.1. The van der Waals surface area contributed by atoms with E-state index < -0.39 is 0 Å². The summed E-state index contributed by atoms with van der Waals surface area (Å²) in [5.41, 5.74) is 1.71. The van der Waals surface area contributed by atoms with Crippen molar-refractivity contribution in [3.8, 4) is 0 Å². The average molecular weight is 309 g/mol. The SMILES string of the molecule is c1cnc(N2CCC[C@@]3(CCN(Cc4cccnc4)C3)C2)nc1. The topological polar surface area (TPSA) is 45.2 Å². The molecule has 0 saturated carbocycles. The van der Waals surface area contributed by atoms with E-state index in [9.17, 15) is 0 Å². The molecule has 2 aliphatic rings. The fourth-order valence-electron chi connectivity index (χ4n) is 4.08. The molecule has 4 rings (SSSR count). The van der Waals surface area contributed by atoms with Crippen LogP contribution in [0.4, 0.5) is 5.95 Å². The first-order chi connectivity index (χ1) is 11.3. The van der Waals surface area contributed by atoms with Crippen molar-refractivity contribution in [1.82, 2.24) is 19.9 Å². The lowest BCUT2D eigenvalue weighted by Gasteiger charge is -2.40. The van der Waals surface area contributed by atoms with Gasteiger partial charge in [-0.1, -0.05) is 6.07 Å². The Morgan fingerprint density at radius 3 is 2.74 bits per heavy atom. The van der Waals surface area contributed by atoms with E-state index in [-0.39, 0.29) is 0 Å². The number of piperidine rings is 1. The molecule has 5 heteroatoms. The Bertz CT molecular complexity index is 632.